The van der Waals surface area contributed by atoms with Crippen LogP contribution >= 0.6 is 0 Å². The fourth-order valence-corrected chi connectivity index (χ4v) is 1.57. The number of aromatic nitrogens is 1. The van der Waals surface area contributed by atoms with Gasteiger partial charge in [0.2, 0.25) is 0 Å². The van der Waals surface area contributed by atoms with Gasteiger partial charge in [0.1, 0.15) is 0 Å². The van der Waals surface area contributed by atoms with Gasteiger partial charge in [-0.05, 0) is 0 Å². The van der Waals surface area contributed by atoms with Crippen LogP contribution in [-0.2, 0) is 6.42 Å². The van der Waals surface area contributed by atoms with Crippen molar-refractivity contribution >= 4 is 11.5 Å². The minimum Gasteiger partial charge on any atom is -0.294 e. The lowest BCUT2D eigenvalue weighted by molar-refractivity contribution is -0.385. The average molecular weight is 242 g/mol. The Bertz CT molecular complexity index is 582. The maximum absolute atomic E-state index is 11.9. The van der Waals surface area contributed by atoms with E-state index in [0.29, 0.717) is 11.3 Å². The van der Waals surface area contributed by atoms with Crippen molar-refractivity contribution in [3.63, 3.8) is 0 Å². The molecule has 5 heteroatoms. The number of hydrogen-bond donors (Lipinski definition) is 0. The van der Waals surface area contributed by atoms with Gasteiger partial charge in [-0.15, -0.1) is 0 Å². The summed E-state index contributed by atoms with van der Waals surface area (Å²) < 4.78 is 0. The summed E-state index contributed by atoms with van der Waals surface area (Å²) in [5.74, 6) is -0.108. The number of ketones is 1. The topological polar surface area (TPSA) is 73.1 Å². The van der Waals surface area contributed by atoms with E-state index in [1.54, 1.807) is 24.3 Å². The van der Waals surface area contributed by atoms with E-state index in [4.69, 9.17) is 0 Å². The molecule has 2 aromatic rings. The van der Waals surface area contributed by atoms with Gasteiger partial charge >= 0.3 is 0 Å². The summed E-state index contributed by atoms with van der Waals surface area (Å²) in [6, 6.07) is 11.4. The highest BCUT2D eigenvalue weighted by Crippen LogP contribution is 2.12. The number of Topliss-reactive ketones (excluding diaryl/α,β-unsaturated/α-hetero) is 1. The highest BCUT2D eigenvalue weighted by atomic mass is 16.6. The van der Waals surface area contributed by atoms with Gasteiger partial charge in [0.25, 0.3) is 5.69 Å². The molecule has 1 aromatic heterocycles. The Morgan fingerprint density at radius 1 is 1.22 bits per heavy atom. The van der Waals surface area contributed by atoms with E-state index in [1.165, 1.54) is 18.3 Å². The van der Waals surface area contributed by atoms with E-state index in [0.717, 1.165) is 0 Å². The molecule has 0 saturated heterocycles. The Hall–Kier alpha value is -2.56. The first-order chi connectivity index (χ1) is 8.66. The van der Waals surface area contributed by atoms with E-state index in [9.17, 15) is 14.9 Å². The molecular weight excluding hydrogens is 232 g/mol. The molecule has 0 saturated carbocycles. The molecule has 0 radical (unpaired) electrons. The predicted molar refractivity (Wildman–Crippen MR) is 65.4 cm³/mol. The standard InChI is InChI=1S/C13H10N2O3/c16-13(10-4-2-1-3-5-10)9-11-8-12(15(17)18)6-7-14-11/h1-8H,9H2. The van der Waals surface area contributed by atoms with E-state index in [1.807, 2.05) is 6.07 Å². The lowest BCUT2D eigenvalue weighted by Crippen LogP contribution is -2.05. The van der Waals surface area contributed by atoms with Gasteiger partial charge in [-0.3, -0.25) is 19.9 Å². The number of benzene rings is 1. The van der Waals surface area contributed by atoms with E-state index >= 15 is 0 Å². The summed E-state index contributed by atoms with van der Waals surface area (Å²) in [5, 5.41) is 10.6. The molecule has 0 aliphatic heterocycles. The van der Waals surface area contributed by atoms with Gasteiger partial charge in [0, 0.05) is 23.9 Å². The first-order valence-electron chi connectivity index (χ1n) is 5.34. The van der Waals surface area contributed by atoms with Crippen molar-refractivity contribution in [1.29, 1.82) is 0 Å². The fraction of sp³-hybridized carbons (Fsp3) is 0.0769. The zero-order chi connectivity index (χ0) is 13.0. The number of carbonyl (C=O) groups excluding carboxylic acids is 1. The highest BCUT2D eigenvalue weighted by Gasteiger charge is 2.11. The normalized spacial score (nSPS) is 10.0. The van der Waals surface area contributed by atoms with E-state index in [-0.39, 0.29) is 17.9 Å². The third-order valence-corrected chi connectivity index (χ3v) is 2.45. The Balaban J connectivity index is 2.17. The molecule has 5 nitrogen and oxygen atoms in total. The minimum atomic E-state index is -0.502. The Morgan fingerprint density at radius 3 is 2.61 bits per heavy atom. The van der Waals surface area contributed by atoms with E-state index in [2.05, 4.69) is 4.98 Å². The van der Waals surface area contributed by atoms with Crippen LogP contribution in [0.5, 0.6) is 0 Å². The second-order valence-corrected chi connectivity index (χ2v) is 3.73. The smallest absolute Gasteiger partial charge is 0.272 e. The maximum Gasteiger partial charge on any atom is 0.272 e. The van der Waals surface area contributed by atoms with Crippen LogP contribution in [0.25, 0.3) is 0 Å². The molecule has 0 bridgehead atoms. The third kappa shape index (κ3) is 2.76. The maximum atomic E-state index is 11.9. The molecule has 1 aromatic carbocycles. The van der Waals surface area contributed by atoms with Crippen LogP contribution in [0.15, 0.2) is 48.7 Å². The fourth-order valence-electron chi connectivity index (χ4n) is 1.57. The summed E-state index contributed by atoms with van der Waals surface area (Å²) in [6.45, 7) is 0. The van der Waals surface area contributed by atoms with Crippen molar-refractivity contribution in [2.45, 2.75) is 6.42 Å². The average Bonchev–Trinajstić information content (AvgIpc) is 2.40. The van der Waals surface area contributed by atoms with Crippen LogP contribution in [0.3, 0.4) is 0 Å². The highest BCUT2D eigenvalue weighted by molar-refractivity contribution is 5.97. The monoisotopic (exact) mass is 242 g/mol. The molecule has 0 fully saturated rings. The summed E-state index contributed by atoms with van der Waals surface area (Å²) in [5.41, 5.74) is 0.921. The van der Waals surface area contributed by atoms with Gasteiger partial charge in [-0.1, -0.05) is 30.3 Å². The van der Waals surface area contributed by atoms with Crippen LogP contribution in [0.1, 0.15) is 16.1 Å². The molecule has 0 spiro atoms. The molecule has 2 rings (SSSR count). The third-order valence-electron chi connectivity index (χ3n) is 2.45. The minimum absolute atomic E-state index is 0.0548. The van der Waals surface area contributed by atoms with Gasteiger partial charge in [-0.2, -0.15) is 0 Å². The molecule has 0 N–H and O–H groups in total. The van der Waals surface area contributed by atoms with Crippen molar-refractivity contribution in [2.24, 2.45) is 0 Å². The number of nitro groups is 1. The van der Waals surface area contributed by atoms with Crippen LogP contribution in [-0.4, -0.2) is 15.7 Å². The summed E-state index contributed by atoms with van der Waals surface area (Å²) in [4.78, 5) is 25.9. The Kier molecular flexibility index (Phi) is 3.43. The zero-order valence-electron chi connectivity index (χ0n) is 9.45. The van der Waals surface area contributed by atoms with Crippen LogP contribution in [0.4, 0.5) is 5.69 Å². The van der Waals surface area contributed by atoms with Crippen molar-refractivity contribution in [3.8, 4) is 0 Å². The van der Waals surface area contributed by atoms with Crippen LogP contribution in [0, 0.1) is 10.1 Å². The second-order valence-electron chi connectivity index (χ2n) is 3.73. The second kappa shape index (κ2) is 5.18. The van der Waals surface area contributed by atoms with E-state index < -0.39 is 4.92 Å². The molecule has 90 valence electrons. The van der Waals surface area contributed by atoms with Crippen molar-refractivity contribution in [1.82, 2.24) is 4.98 Å². The molecule has 0 unspecified atom stereocenters. The van der Waals surface area contributed by atoms with Gasteiger partial charge in [-0.25, -0.2) is 0 Å². The number of hydrogen-bond acceptors (Lipinski definition) is 4. The van der Waals surface area contributed by atoms with Gasteiger partial charge < -0.3 is 0 Å². The molecule has 0 aliphatic rings. The molecule has 18 heavy (non-hydrogen) atoms. The molecule has 0 atom stereocenters. The van der Waals surface area contributed by atoms with Crippen LogP contribution in [0.2, 0.25) is 0 Å². The lowest BCUT2D eigenvalue weighted by atomic mass is 10.1. The quantitative estimate of drug-likeness (QED) is 0.469. The molecule has 0 aliphatic carbocycles. The Morgan fingerprint density at radius 2 is 1.94 bits per heavy atom. The first-order valence-corrected chi connectivity index (χ1v) is 5.34. The molecule has 0 amide bonds. The van der Waals surface area contributed by atoms with Crippen LogP contribution < -0.4 is 0 Å². The van der Waals surface area contributed by atoms with Gasteiger partial charge in [0.15, 0.2) is 5.78 Å². The van der Waals surface area contributed by atoms with Gasteiger partial charge in [0.05, 0.1) is 17.0 Å². The van der Waals surface area contributed by atoms with Crippen molar-refractivity contribution in [3.05, 3.63) is 70.0 Å². The molecule has 1 heterocycles. The number of carbonyl (C=O) groups is 1. The predicted octanol–water partition coefficient (Wildman–Crippen LogP) is 2.42. The summed E-state index contributed by atoms with van der Waals surface area (Å²) in [7, 11) is 0. The first kappa shape index (κ1) is 11.9. The van der Waals surface area contributed by atoms with Crippen molar-refractivity contribution in [2.75, 3.05) is 0 Å². The number of pyridine rings is 1. The SMILES string of the molecule is O=C(Cc1cc([N+](=O)[O-])ccn1)c1ccccc1. The lowest BCUT2D eigenvalue weighted by Gasteiger charge is -2.00. The number of nitrogens with zero attached hydrogens (tertiary/aromatic N) is 2. The summed E-state index contributed by atoms with van der Waals surface area (Å²) >= 11 is 0. The number of rotatable bonds is 4. The Labute approximate surface area is 103 Å². The molecular formula is C13H10N2O3. The van der Waals surface area contributed by atoms with Crippen molar-refractivity contribution < 1.29 is 9.72 Å². The zero-order valence-corrected chi connectivity index (χ0v) is 9.45. The largest absolute Gasteiger partial charge is 0.294 e. The summed E-state index contributed by atoms with van der Waals surface area (Å²) in [6.07, 6.45) is 1.40.